The molecule has 0 aliphatic rings. The first-order chi connectivity index (χ1) is 9.02. The topological polar surface area (TPSA) is 24.1 Å². The number of rotatable bonds is 8. The van der Waals surface area contributed by atoms with E-state index in [1.807, 2.05) is 7.05 Å². The van der Waals surface area contributed by atoms with Crippen molar-refractivity contribution >= 4 is 5.69 Å². The van der Waals surface area contributed by atoms with Gasteiger partial charge in [-0.15, -0.1) is 0 Å². The second-order valence-corrected chi connectivity index (χ2v) is 6.24. The fraction of sp³-hybridized carbons (Fsp3) is 0.647. The lowest BCUT2D eigenvalue weighted by Gasteiger charge is -2.21. The Hall–Kier alpha value is -1.02. The molecule has 0 heterocycles. The Morgan fingerprint density at radius 1 is 0.947 bits per heavy atom. The van der Waals surface area contributed by atoms with Crippen molar-refractivity contribution in [2.75, 3.05) is 25.5 Å². The summed E-state index contributed by atoms with van der Waals surface area (Å²) in [5, 5.41) is 6.83. The van der Waals surface area contributed by atoms with E-state index < -0.39 is 0 Å². The summed E-state index contributed by atoms with van der Waals surface area (Å²) in [4.78, 5) is 0. The second kappa shape index (κ2) is 8.21. The van der Waals surface area contributed by atoms with E-state index in [1.165, 1.54) is 11.3 Å². The maximum atomic E-state index is 3.55. The predicted octanol–water partition coefficient (Wildman–Crippen LogP) is 3.79. The quantitative estimate of drug-likeness (QED) is 0.745. The van der Waals surface area contributed by atoms with Crippen LogP contribution in [0.4, 0.5) is 5.69 Å². The minimum atomic E-state index is 0.667. The molecule has 1 aromatic rings. The van der Waals surface area contributed by atoms with Crippen LogP contribution in [0.25, 0.3) is 0 Å². The summed E-state index contributed by atoms with van der Waals surface area (Å²) in [7, 11) is 2.02. The van der Waals surface area contributed by atoms with Crippen LogP contribution >= 0.6 is 0 Å². The van der Waals surface area contributed by atoms with Crippen molar-refractivity contribution < 1.29 is 0 Å². The molecule has 1 atom stereocenters. The van der Waals surface area contributed by atoms with E-state index in [0.29, 0.717) is 11.8 Å². The molecule has 0 aromatic heterocycles. The summed E-state index contributed by atoms with van der Waals surface area (Å²) in [6, 6.07) is 8.89. The Bertz CT molecular complexity index is 341. The number of hydrogen-bond donors (Lipinski definition) is 2. The van der Waals surface area contributed by atoms with E-state index in [4.69, 9.17) is 0 Å². The highest BCUT2D eigenvalue weighted by atomic mass is 14.9. The van der Waals surface area contributed by atoms with Crippen molar-refractivity contribution in [3.8, 4) is 0 Å². The van der Waals surface area contributed by atoms with Crippen molar-refractivity contribution in [1.82, 2.24) is 5.32 Å². The largest absolute Gasteiger partial charge is 0.385 e. The average Bonchev–Trinajstić information content (AvgIpc) is 2.35. The Balaban J connectivity index is 2.48. The van der Waals surface area contributed by atoms with Crippen molar-refractivity contribution in [2.24, 2.45) is 17.8 Å². The van der Waals surface area contributed by atoms with E-state index >= 15 is 0 Å². The molecule has 0 amide bonds. The van der Waals surface area contributed by atoms with Crippen LogP contribution in [0.2, 0.25) is 0 Å². The molecule has 0 bridgehead atoms. The highest BCUT2D eigenvalue weighted by Gasteiger charge is 2.11. The molecule has 2 nitrogen and oxygen atoms in total. The Morgan fingerprint density at radius 3 is 2.05 bits per heavy atom. The summed E-state index contributed by atoms with van der Waals surface area (Å²) in [5.74, 6) is 2.08. The van der Waals surface area contributed by atoms with Gasteiger partial charge in [0, 0.05) is 12.2 Å². The van der Waals surface area contributed by atoms with Crippen LogP contribution in [-0.4, -0.2) is 20.1 Å². The fourth-order valence-electron chi connectivity index (χ4n) is 2.28. The van der Waals surface area contributed by atoms with Crippen LogP contribution in [0, 0.1) is 17.8 Å². The lowest BCUT2D eigenvalue weighted by molar-refractivity contribution is 0.390. The first-order valence-electron chi connectivity index (χ1n) is 7.50. The van der Waals surface area contributed by atoms with Crippen molar-refractivity contribution in [1.29, 1.82) is 0 Å². The molecule has 0 aliphatic carbocycles. The fourth-order valence-corrected chi connectivity index (χ4v) is 2.28. The first kappa shape index (κ1) is 16.0. The molecule has 0 aliphatic heterocycles. The molecule has 0 saturated carbocycles. The molecule has 1 unspecified atom stereocenters. The predicted molar refractivity (Wildman–Crippen MR) is 85.7 cm³/mol. The first-order valence-corrected chi connectivity index (χ1v) is 7.50. The van der Waals surface area contributed by atoms with Crippen LogP contribution in [0.3, 0.4) is 0 Å². The number of hydrogen-bond acceptors (Lipinski definition) is 2. The van der Waals surface area contributed by atoms with Crippen LogP contribution in [-0.2, 0) is 6.42 Å². The molecular formula is C17H30N2. The molecule has 0 radical (unpaired) electrons. The number of benzene rings is 1. The number of nitrogens with one attached hydrogen (secondary N) is 2. The van der Waals surface area contributed by atoms with Gasteiger partial charge in [0.1, 0.15) is 0 Å². The minimum absolute atomic E-state index is 0.667. The van der Waals surface area contributed by atoms with Gasteiger partial charge in [0.2, 0.25) is 0 Å². The van der Waals surface area contributed by atoms with Gasteiger partial charge in [-0.05, 0) is 55.5 Å². The average molecular weight is 262 g/mol. The highest BCUT2D eigenvalue weighted by Crippen LogP contribution is 2.15. The number of anilines is 1. The monoisotopic (exact) mass is 262 g/mol. The van der Waals surface area contributed by atoms with Crippen LogP contribution in [0.1, 0.15) is 33.3 Å². The van der Waals surface area contributed by atoms with Gasteiger partial charge in [0.05, 0.1) is 0 Å². The van der Waals surface area contributed by atoms with Gasteiger partial charge < -0.3 is 10.6 Å². The van der Waals surface area contributed by atoms with Crippen molar-refractivity contribution in [3.63, 3.8) is 0 Å². The zero-order valence-electron chi connectivity index (χ0n) is 13.2. The van der Waals surface area contributed by atoms with E-state index in [9.17, 15) is 0 Å². The van der Waals surface area contributed by atoms with E-state index in [0.717, 1.165) is 25.4 Å². The van der Waals surface area contributed by atoms with Crippen molar-refractivity contribution in [3.05, 3.63) is 29.8 Å². The van der Waals surface area contributed by atoms with Crippen LogP contribution in [0.15, 0.2) is 24.3 Å². The summed E-state index contributed by atoms with van der Waals surface area (Å²) < 4.78 is 0. The van der Waals surface area contributed by atoms with Gasteiger partial charge in [-0.25, -0.2) is 0 Å². The third-order valence-corrected chi connectivity index (χ3v) is 3.58. The van der Waals surface area contributed by atoms with E-state index in [-0.39, 0.29) is 0 Å². The molecular weight excluding hydrogens is 232 g/mol. The Morgan fingerprint density at radius 2 is 1.58 bits per heavy atom. The van der Waals surface area contributed by atoms with Gasteiger partial charge in [0.25, 0.3) is 0 Å². The third kappa shape index (κ3) is 6.11. The molecule has 1 rings (SSSR count). The summed E-state index contributed by atoms with van der Waals surface area (Å²) in [6.07, 6.45) is 1.16. The third-order valence-electron chi connectivity index (χ3n) is 3.58. The summed E-state index contributed by atoms with van der Waals surface area (Å²) >= 11 is 0. The van der Waals surface area contributed by atoms with E-state index in [1.54, 1.807) is 0 Å². The lowest BCUT2D eigenvalue weighted by Crippen LogP contribution is -2.29. The maximum absolute atomic E-state index is 3.55. The zero-order valence-corrected chi connectivity index (χ0v) is 13.2. The smallest absolute Gasteiger partial charge is 0.0340 e. The molecule has 2 N–H and O–H groups in total. The second-order valence-electron chi connectivity index (χ2n) is 6.24. The van der Waals surface area contributed by atoms with Gasteiger partial charge in [0.15, 0.2) is 0 Å². The molecule has 2 heteroatoms. The molecule has 0 spiro atoms. The normalized spacial score (nSPS) is 13.0. The Kier molecular flexibility index (Phi) is 6.93. The van der Waals surface area contributed by atoms with Crippen LogP contribution in [0.5, 0.6) is 0 Å². The molecule has 1 aromatic carbocycles. The highest BCUT2D eigenvalue weighted by molar-refractivity contribution is 5.44. The van der Waals surface area contributed by atoms with Gasteiger partial charge in [-0.1, -0.05) is 39.8 Å². The van der Waals surface area contributed by atoms with Gasteiger partial charge >= 0.3 is 0 Å². The van der Waals surface area contributed by atoms with Crippen LogP contribution < -0.4 is 10.6 Å². The minimum Gasteiger partial charge on any atom is -0.385 e. The molecule has 0 fully saturated rings. The van der Waals surface area contributed by atoms with Gasteiger partial charge in [-0.2, -0.15) is 0 Å². The SMILES string of the molecule is CNCC(CNc1ccc(CC(C)C)cc1)C(C)C. The van der Waals surface area contributed by atoms with Crippen molar-refractivity contribution in [2.45, 2.75) is 34.1 Å². The summed E-state index contributed by atoms with van der Waals surface area (Å²) in [5.41, 5.74) is 2.66. The van der Waals surface area contributed by atoms with Gasteiger partial charge in [-0.3, -0.25) is 0 Å². The van der Waals surface area contributed by atoms with E-state index in [2.05, 4.69) is 62.6 Å². The molecule has 108 valence electrons. The zero-order chi connectivity index (χ0) is 14.3. The summed E-state index contributed by atoms with van der Waals surface area (Å²) in [6.45, 7) is 11.2. The molecule has 0 saturated heterocycles. The molecule has 19 heavy (non-hydrogen) atoms. The lowest BCUT2D eigenvalue weighted by atomic mass is 9.95. The Labute approximate surface area is 119 Å². The maximum Gasteiger partial charge on any atom is 0.0340 e. The standard InChI is InChI=1S/C17H30N2/c1-13(2)10-15-6-8-17(9-7-15)19-12-16(11-18-5)14(3)4/h6-9,13-14,16,18-19H,10-12H2,1-5H3.